The van der Waals surface area contributed by atoms with E-state index in [0.29, 0.717) is 18.3 Å². The van der Waals surface area contributed by atoms with Gasteiger partial charge in [-0.25, -0.2) is 0 Å². The lowest BCUT2D eigenvalue weighted by molar-refractivity contribution is -0.131. The van der Waals surface area contributed by atoms with Gasteiger partial charge in [-0.3, -0.25) is 4.79 Å². The second-order valence-corrected chi connectivity index (χ2v) is 7.60. The Morgan fingerprint density at radius 1 is 1.11 bits per heavy atom. The van der Waals surface area contributed by atoms with E-state index in [-0.39, 0.29) is 12.5 Å². The Morgan fingerprint density at radius 2 is 1.82 bits per heavy atom. The van der Waals surface area contributed by atoms with Gasteiger partial charge in [0.2, 0.25) is 11.7 Å². The van der Waals surface area contributed by atoms with Crippen LogP contribution in [0.4, 0.5) is 0 Å². The summed E-state index contributed by atoms with van der Waals surface area (Å²) in [7, 11) is 1.80. The van der Waals surface area contributed by atoms with Crippen molar-refractivity contribution in [3.8, 4) is 11.4 Å². The van der Waals surface area contributed by atoms with Crippen molar-refractivity contribution < 1.29 is 4.79 Å². The van der Waals surface area contributed by atoms with Gasteiger partial charge in [-0.1, -0.05) is 61.9 Å². The number of aryl methyl sites for hydroxylation is 2. The minimum atomic E-state index is -0.0564. The molecule has 6 nitrogen and oxygen atoms in total. The first-order valence-electron chi connectivity index (χ1n) is 9.51. The number of hydrogen-bond acceptors (Lipinski definition) is 4. The van der Waals surface area contributed by atoms with Gasteiger partial charge in [-0.2, -0.15) is 4.80 Å². The van der Waals surface area contributed by atoms with Crippen LogP contribution in [0.2, 0.25) is 0 Å². The van der Waals surface area contributed by atoms with Crippen LogP contribution in [0, 0.1) is 13.8 Å². The minimum Gasteiger partial charge on any atom is -0.340 e. The molecule has 0 saturated heterocycles. The van der Waals surface area contributed by atoms with E-state index >= 15 is 0 Å². The number of benzene rings is 2. The summed E-state index contributed by atoms with van der Waals surface area (Å²) < 4.78 is 0. The number of aromatic nitrogens is 4. The maximum Gasteiger partial charge on any atom is 0.246 e. The molecule has 1 aromatic heterocycles. The number of carbonyl (C=O) groups is 1. The molecular formula is C22H27N5O. The van der Waals surface area contributed by atoms with Crippen LogP contribution in [0.1, 0.15) is 42.0 Å². The Kier molecular flexibility index (Phi) is 5.87. The molecule has 0 aliphatic carbocycles. The zero-order valence-electron chi connectivity index (χ0n) is 17.2. The molecule has 6 heteroatoms. The zero-order chi connectivity index (χ0) is 20.3. The molecule has 0 saturated carbocycles. The van der Waals surface area contributed by atoms with E-state index < -0.39 is 0 Å². The van der Waals surface area contributed by atoms with Crippen LogP contribution >= 0.6 is 0 Å². The molecular weight excluding hydrogens is 350 g/mol. The largest absolute Gasteiger partial charge is 0.340 e. The van der Waals surface area contributed by atoms with Crippen LogP contribution in [-0.4, -0.2) is 38.1 Å². The molecule has 2 aromatic carbocycles. The summed E-state index contributed by atoms with van der Waals surface area (Å²) in [5.74, 6) is 0.947. The molecule has 3 rings (SSSR count). The Balaban J connectivity index is 1.64. The molecule has 0 atom stereocenters. The van der Waals surface area contributed by atoms with Crippen molar-refractivity contribution in [2.24, 2.45) is 0 Å². The summed E-state index contributed by atoms with van der Waals surface area (Å²) in [4.78, 5) is 15.6. The minimum absolute atomic E-state index is 0.0564. The summed E-state index contributed by atoms with van der Waals surface area (Å²) in [5, 5.41) is 12.5. The van der Waals surface area contributed by atoms with Gasteiger partial charge in [0.15, 0.2) is 0 Å². The fourth-order valence-corrected chi connectivity index (χ4v) is 3.05. The van der Waals surface area contributed by atoms with E-state index in [9.17, 15) is 4.79 Å². The average Bonchev–Trinajstić information content (AvgIpc) is 3.12. The highest BCUT2D eigenvalue weighted by Gasteiger charge is 2.14. The molecule has 0 fully saturated rings. The lowest BCUT2D eigenvalue weighted by atomic mass is 10.0. The summed E-state index contributed by atoms with van der Waals surface area (Å²) in [6.45, 7) is 9.07. The Labute approximate surface area is 166 Å². The summed E-state index contributed by atoms with van der Waals surface area (Å²) in [6.07, 6.45) is 0. The van der Waals surface area contributed by atoms with Crippen molar-refractivity contribution in [1.29, 1.82) is 0 Å². The number of tetrazole rings is 1. The molecule has 28 heavy (non-hydrogen) atoms. The van der Waals surface area contributed by atoms with Crippen molar-refractivity contribution >= 4 is 5.91 Å². The van der Waals surface area contributed by atoms with Crippen molar-refractivity contribution in [2.45, 2.75) is 46.7 Å². The zero-order valence-corrected chi connectivity index (χ0v) is 17.2. The second-order valence-electron chi connectivity index (χ2n) is 7.60. The number of nitrogens with zero attached hydrogens (tertiary/aromatic N) is 5. The number of hydrogen-bond donors (Lipinski definition) is 0. The summed E-state index contributed by atoms with van der Waals surface area (Å²) in [6, 6.07) is 14.4. The Bertz CT molecular complexity index is 959. The highest BCUT2D eigenvalue weighted by molar-refractivity contribution is 5.75. The maximum atomic E-state index is 12.6. The number of likely N-dealkylation sites (N-methyl/N-ethyl adjacent to an activating group) is 1. The van der Waals surface area contributed by atoms with Gasteiger partial charge < -0.3 is 4.90 Å². The van der Waals surface area contributed by atoms with E-state index in [2.05, 4.69) is 73.4 Å². The molecule has 3 aromatic rings. The molecule has 0 aliphatic heterocycles. The van der Waals surface area contributed by atoms with Gasteiger partial charge in [0, 0.05) is 19.2 Å². The van der Waals surface area contributed by atoms with E-state index in [1.807, 2.05) is 12.1 Å². The number of rotatable bonds is 6. The van der Waals surface area contributed by atoms with E-state index in [4.69, 9.17) is 0 Å². The molecule has 1 heterocycles. The van der Waals surface area contributed by atoms with Gasteiger partial charge in [-0.05, 0) is 41.7 Å². The quantitative estimate of drug-likeness (QED) is 0.656. The first kappa shape index (κ1) is 19.7. The Morgan fingerprint density at radius 3 is 2.46 bits per heavy atom. The molecule has 0 aliphatic rings. The predicted molar refractivity (Wildman–Crippen MR) is 110 cm³/mol. The second kappa shape index (κ2) is 8.33. The first-order valence-corrected chi connectivity index (χ1v) is 9.51. The molecule has 1 amide bonds. The monoisotopic (exact) mass is 377 g/mol. The standard InChI is InChI=1S/C22H27N5O/c1-15(2)18-8-10-19(11-9-18)22-23-25-27(24-22)14-21(28)26(5)13-20-7-6-16(3)12-17(20)4/h6-12,15H,13-14H2,1-5H3. The van der Waals surface area contributed by atoms with Crippen LogP contribution in [0.15, 0.2) is 42.5 Å². The average molecular weight is 377 g/mol. The summed E-state index contributed by atoms with van der Waals surface area (Å²) >= 11 is 0. The van der Waals surface area contributed by atoms with Gasteiger partial charge in [0.25, 0.3) is 0 Å². The van der Waals surface area contributed by atoms with Crippen LogP contribution in [0.3, 0.4) is 0 Å². The van der Waals surface area contributed by atoms with Crippen LogP contribution in [0.25, 0.3) is 11.4 Å². The van der Waals surface area contributed by atoms with E-state index in [1.54, 1.807) is 11.9 Å². The maximum absolute atomic E-state index is 12.6. The highest BCUT2D eigenvalue weighted by Crippen LogP contribution is 2.19. The van der Waals surface area contributed by atoms with Crippen LogP contribution < -0.4 is 0 Å². The highest BCUT2D eigenvalue weighted by atomic mass is 16.2. The van der Waals surface area contributed by atoms with Crippen LogP contribution in [0.5, 0.6) is 0 Å². The van der Waals surface area contributed by atoms with E-state index in [1.165, 1.54) is 21.5 Å². The normalized spacial score (nSPS) is 11.1. The van der Waals surface area contributed by atoms with Gasteiger partial charge in [-0.15, -0.1) is 10.2 Å². The van der Waals surface area contributed by atoms with Crippen LogP contribution in [-0.2, 0) is 17.9 Å². The molecule has 0 unspecified atom stereocenters. The number of carbonyl (C=O) groups excluding carboxylic acids is 1. The lowest BCUT2D eigenvalue weighted by Gasteiger charge is -2.18. The smallest absolute Gasteiger partial charge is 0.246 e. The van der Waals surface area contributed by atoms with Crippen molar-refractivity contribution in [1.82, 2.24) is 25.1 Å². The third kappa shape index (κ3) is 4.63. The Hall–Kier alpha value is -3.02. The SMILES string of the molecule is Cc1ccc(CN(C)C(=O)Cn2nnc(-c3ccc(C(C)C)cc3)n2)c(C)c1. The third-order valence-corrected chi connectivity index (χ3v) is 4.90. The van der Waals surface area contributed by atoms with Crippen molar-refractivity contribution in [3.05, 3.63) is 64.7 Å². The molecule has 0 spiro atoms. The summed E-state index contributed by atoms with van der Waals surface area (Å²) in [5.41, 5.74) is 5.70. The van der Waals surface area contributed by atoms with Gasteiger partial charge in [0.05, 0.1) is 0 Å². The first-order chi connectivity index (χ1) is 13.3. The molecule has 146 valence electrons. The molecule has 0 N–H and O–H groups in total. The van der Waals surface area contributed by atoms with Crippen molar-refractivity contribution in [2.75, 3.05) is 7.05 Å². The van der Waals surface area contributed by atoms with Gasteiger partial charge >= 0.3 is 0 Å². The van der Waals surface area contributed by atoms with E-state index in [0.717, 1.165) is 11.1 Å². The molecule has 0 radical (unpaired) electrons. The predicted octanol–water partition coefficient (Wildman–Crippen LogP) is 3.74. The number of amides is 1. The topological polar surface area (TPSA) is 63.9 Å². The van der Waals surface area contributed by atoms with Crippen molar-refractivity contribution in [3.63, 3.8) is 0 Å². The molecule has 0 bridgehead atoms. The lowest BCUT2D eigenvalue weighted by Crippen LogP contribution is -2.30. The fourth-order valence-electron chi connectivity index (χ4n) is 3.05. The fraction of sp³-hybridized carbons (Fsp3) is 0.364. The van der Waals surface area contributed by atoms with Gasteiger partial charge in [0.1, 0.15) is 6.54 Å². The third-order valence-electron chi connectivity index (χ3n) is 4.90.